The number of nitrogens with zero attached hydrogens (tertiary/aromatic N) is 2. The first-order valence-electron chi connectivity index (χ1n) is 5.39. The number of hydrogen-bond acceptors (Lipinski definition) is 3. The smallest absolute Gasteiger partial charge is 0.216 e. The third kappa shape index (κ3) is 1.56. The van der Waals surface area contributed by atoms with Crippen molar-refractivity contribution < 1.29 is 4.42 Å². The van der Waals surface area contributed by atoms with Gasteiger partial charge in [0.25, 0.3) is 0 Å². The van der Waals surface area contributed by atoms with E-state index in [1.807, 2.05) is 12.1 Å². The molecule has 15 heavy (non-hydrogen) atoms. The van der Waals surface area contributed by atoms with E-state index in [1.165, 1.54) is 25.7 Å². The first kappa shape index (κ1) is 8.71. The molecule has 4 nitrogen and oxygen atoms in total. The van der Waals surface area contributed by atoms with E-state index in [9.17, 15) is 0 Å². The topological polar surface area (TPSA) is 54.7 Å². The van der Waals surface area contributed by atoms with E-state index in [4.69, 9.17) is 4.42 Å². The van der Waals surface area contributed by atoms with Crippen molar-refractivity contribution in [2.45, 2.75) is 31.6 Å². The van der Waals surface area contributed by atoms with Crippen molar-refractivity contribution in [2.75, 3.05) is 0 Å². The predicted molar refractivity (Wildman–Crippen MR) is 55.3 cm³/mol. The molecule has 0 amide bonds. The summed E-state index contributed by atoms with van der Waals surface area (Å²) in [7, 11) is 0. The fourth-order valence-corrected chi connectivity index (χ4v) is 2.17. The maximum absolute atomic E-state index is 5.25. The van der Waals surface area contributed by atoms with E-state index < -0.39 is 0 Å². The summed E-state index contributed by atoms with van der Waals surface area (Å²) in [5, 5.41) is 7.19. The molecular weight excluding hydrogens is 190 g/mol. The van der Waals surface area contributed by atoms with Crippen molar-refractivity contribution in [3.63, 3.8) is 0 Å². The van der Waals surface area contributed by atoms with Crippen LogP contribution in [-0.4, -0.2) is 15.2 Å². The van der Waals surface area contributed by atoms with Gasteiger partial charge in [-0.05, 0) is 25.0 Å². The molecule has 1 fully saturated rings. The van der Waals surface area contributed by atoms with Crippen molar-refractivity contribution in [3.05, 3.63) is 24.2 Å². The lowest BCUT2D eigenvalue weighted by Crippen LogP contribution is -1.94. The molecule has 78 valence electrons. The first-order valence-corrected chi connectivity index (χ1v) is 5.39. The molecule has 0 radical (unpaired) electrons. The third-order valence-electron chi connectivity index (χ3n) is 2.99. The molecule has 0 atom stereocenters. The number of furan rings is 1. The third-order valence-corrected chi connectivity index (χ3v) is 2.99. The molecule has 2 heterocycles. The number of aromatic nitrogens is 3. The Morgan fingerprint density at radius 2 is 2.20 bits per heavy atom. The van der Waals surface area contributed by atoms with E-state index in [2.05, 4.69) is 15.2 Å². The number of aromatic amines is 1. The summed E-state index contributed by atoms with van der Waals surface area (Å²) in [6.45, 7) is 0. The molecule has 1 saturated carbocycles. The van der Waals surface area contributed by atoms with Crippen LogP contribution in [0.4, 0.5) is 0 Å². The minimum Gasteiger partial charge on any atom is -0.461 e. The van der Waals surface area contributed by atoms with E-state index in [-0.39, 0.29) is 0 Å². The highest BCUT2D eigenvalue weighted by atomic mass is 16.3. The summed E-state index contributed by atoms with van der Waals surface area (Å²) >= 11 is 0. The Morgan fingerprint density at radius 3 is 2.93 bits per heavy atom. The summed E-state index contributed by atoms with van der Waals surface area (Å²) < 4.78 is 5.25. The Balaban J connectivity index is 1.87. The van der Waals surface area contributed by atoms with Crippen molar-refractivity contribution >= 4 is 0 Å². The summed E-state index contributed by atoms with van der Waals surface area (Å²) in [6.07, 6.45) is 6.71. The van der Waals surface area contributed by atoms with Crippen LogP contribution in [0.1, 0.15) is 37.4 Å². The molecule has 1 aliphatic rings. The van der Waals surface area contributed by atoms with Crippen LogP contribution in [0.25, 0.3) is 11.6 Å². The van der Waals surface area contributed by atoms with Crippen LogP contribution in [-0.2, 0) is 0 Å². The monoisotopic (exact) mass is 203 g/mol. The molecule has 3 rings (SSSR count). The van der Waals surface area contributed by atoms with Crippen LogP contribution in [0, 0.1) is 0 Å². The second kappa shape index (κ2) is 3.53. The van der Waals surface area contributed by atoms with Crippen molar-refractivity contribution in [1.82, 2.24) is 15.2 Å². The molecule has 1 N–H and O–H groups in total. The largest absolute Gasteiger partial charge is 0.461 e. The SMILES string of the molecule is c1coc(-c2n[nH]c(C3CCCC3)n2)c1. The zero-order valence-electron chi connectivity index (χ0n) is 8.44. The predicted octanol–water partition coefficient (Wildman–Crippen LogP) is 2.72. The molecule has 4 heteroatoms. The lowest BCUT2D eigenvalue weighted by Gasteiger charge is -2.01. The Bertz CT molecular complexity index is 426. The highest BCUT2D eigenvalue weighted by molar-refractivity contribution is 5.45. The normalized spacial score (nSPS) is 17.3. The number of H-pyrrole nitrogens is 1. The van der Waals surface area contributed by atoms with Crippen molar-refractivity contribution in [3.8, 4) is 11.6 Å². The molecule has 0 unspecified atom stereocenters. The molecule has 0 aliphatic heterocycles. The fourth-order valence-electron chi connectivity index (χ4n) is 2.17. The van der Waals surface area contributed by atoms with Crippen molar-refractivity contribution in [1.29, 1.82) is 0 Å². The van der Waals surface area contributed by atoms with Gasteiger partial charge in [0, 0.05) is 5.92 Å². The van der Waals surface area contributed by atoms with E-state index in [1.54, 1.807) is 6.26 Å². The Hall–Kier alpha value is -1.58. The van der Waals surface area contributed by atoms with E-state index in [0.29, 0.717) is 11.7 Å². The molecule has 1 aliphatic carbocycles. The average molecular weight is 203 g/mol. The van der Waals surface area contributed by atoms with Gasteiger partial charge in [-0.1, -0.05) is 12.8 Å². The first-order chi connectivity index (χ1) is 7.43. The molecule has 2 aromatic heterocycles. The van der Waals surface area contributed by atoms with Crippen LogP contribution in [0.15, 0.2) is 22.8 Å². The maximum Gasteiger partial charge on any atom is 0.216 e. The lowest BCUT2D eigenvalue weighted by molar-refractivity contribution is 0.577. The van der Waals surface area contributed by atoms with Gasteiger partial charge in [0.1, 0.15) is 5.82 Å². The van der Waals surface area contributed by atoms with Gasteiger partial charge >= 0.3 is 0 Å². The van der Waals surface area contributed by atoms with Crippen LogP contribution in [0.3, 0.4) is 0 Å². The van der Waals surface area contributed by atoms with Gasteiger partial charge < -0.3 is 4.42 Å². The number of rotatable bonds is 2. The van der Waals surface area contributed by atoms with Crippen LogP contribution < -0.4 is 0 Å². The van der Waals surface area contributed by atoms with E-state index >= 15 is 0 Å². The quantitative estimate of drug-likeness (QED) is 0.816. The molecule has 0 spiro atoms. The molecule has 2 aromatic rings. The summed E-state index contributed by atoms with van der Waals surface area (Å²) in [5.74, 6) is 2.98. The molecular formula is C11H13N3O. The zero-order valence-corrected chi connectivity index (χ0v) is 8.44. The highest BCUT2D eigenvalue weighted by Crippen LogP contribution is 2.32. The number of nitrogens with one attached hydrogen (secondary N) is 1. The van der Waals surface area contributed by atoms with Gasteiger partial charge in [0.2, 0.25) is 5.82 Å². The summed E-state index contributed by atoms with van der Waals surface area (Å²) in [4.78, 5) is 4.47. The second-order valence-corrected chi connectivity index (χ2v) is 4.00. The molecule has 0 bridgehead atoms. The van der Waals surface area contributed by atoms with Gasteiger partial charge in [-0.25, -0.2) is 4.98 Å². The van der Waals surface area contributed by atoms with Crippen LogP contribution in [0.5, 0.6) is 0 Å². The standard InChI is InChI=1S/C11H13N3O/c1-2-5-8(4-1)10-12-11(14-13-10)9-6-3-7-15-9/h3,6-8H,1-2,4-5H2,(H,12,13,14). The average Bonchev–Trinajstić information content (AvgIpc) is 3.02. The Kier molecular flexibility index (Phi) is 2.05. The van der Waals surface area contributed by atoms with Gasteiger partial charge in [0.15, 0.2) is 5.76 Å². The van der Waals surface area contributed by atoms with Crippen LogP contribution in [0.2, 0.25) is 0 Å². The minimum atomic E-state index is 0.571. The maximum atomic E-state index is 5.25. The summed E-state index contributed by atoms with van der Waals surface area (Å²) in [5.41, 5.74) is 0. The second-order valence-electron chi connectivity index (χ2n) is 4.00. The van der Waals surface area contributed by atoms with Gasteiger partial charge in [-0.3, -0.25) is 5.10 Å². The van der Waals surface area contributed by atoms with Crippen molar-refractivity contribution in [2.24, 2.45) is 0 Å². The zero-order chi connectivity index (χ0) is 10.1. The van der Waals surface area contributed by atoms with Gasteiger partial charge in [-0.15, -0.1) is 0 Å². The lowest BCUT2D eigenvalue weighted by atomic mass is 10.1. The van der Waals surface area contributed by atoms with Gasteiger partial charge in [0.05, 0.1) is 6.26 Å². The highest BCUT2D eigenvalue weighted by Gasteiger charge is 2.21. The van der Waals surface area contributed by atoms with Gasteiger partial charge in [-0.2, -0.15) is 5.10 Å². The molecule has 0 saturated heterocycles. The Morgan fingerprint density at radius 1 is 1.33 bits per heavy atom. The minimum absolute atomic E-state index is 0.571. The number of hydrogen-bond donors (Lipinski definition) is 1. The van der Waals surface area contributed by atoms with Crippen LogP contribution >= 0.6 is 0 Å². The molecule has 0 aromatic carbocycles. The Labute approximate surface area is 87.7 Å². The fraction of sp³-hybridized carbons (Fsp3) is 0.455. The van der Waals surface area contributed by atoms with E-state index in [0.717, 1.165) is 11.6 Å². The summed E-state index contributed by atoms with van der Waals surface area (Å²) in [6, 6.07) is 3.72.